The highest BCUT2D eigenvalue weighted by Crippen LogP contribution is 2.17. The van der Waals surface area contributed by atoms with Crippen molar-refractivity contribution < 1.29 is 4.74 Å². The number of nitrogens with zero attached hydrogens (tertiary/aromatic N) is 2. The predicted octanol–water partition coefficient (Wildman–Crippen LogP) is 1.16. The Labute approximate surface area is 96.4 Å². The van der Waals surface area contributed by atoms with Gasteiger partial charge in [-0.25, -0.2) is 0 Å². The third-order valence-corrected chi connectivity index (χ3v) is 2.98. The van der Waals surface area contributed by atoms with Crippen molar-refractivity contribution in [2.45, 2.75) is 26.0 Å². The fraction of sp³-hybridized carbons (Fsp3) is 0.583. The molecule has 1 aliphatic heterocycles. The van der Waals surface area contributed by atoms with E-state index in [1.165, 1.54) is 5.69 Å². The highest BCUT2D eigenvalue weighted by molar-refractivity contribution is 5.45. The molecule has 0 saturated carbocycles. The largest absolute Gasteiger partial charge is 0.375 e. The van der Waals surface area contributed by atoms with Crippen LogP contribution in [0.3, 0.4) is 0 Å². The Bertz CT molecular complexity index is 326. The average molecular weight is 221 g/mol. The Morgan fingerprint density at radius 3 is 3.06 bits per heavy atom. The van der Waals surface area contributed by atoms with Crippen LogP contribution in [0.5, 0.6) is 0 Å². The molecule has 16 heavy (non-hydrogen) atoms. The van der Waals surface area contributed by atoms with Gasteiger partial charge in [0.05, 0.1) is 30.3 Å². The van der Waals surface area contributed by atoms with Crippen molar-refractivity contribution in [2.75, 3.05) is 24.6 Å². The van der Waals surface area contributed by atoms with Gasteiger partial charge in [-0.05, 0) is 18.6 Å². The van der Waals surface area contributed by atoms with Gasteiger partial charge in [-0.3, -0.25) is 4.98 Å². The van der Waals surface area contributed by atoms with Crippen molar-refractivity contribution in [3.05, 3.63) is 24.0 Å². The Balaban J connectivity index is 2.05. The lowest BCUT2D eigenvalue weighted by Gasteiger charge is -2.33. The first-order chi connectivity index (χ1) is 7.83. The van der Waals surface area contributed by atoms with E-state index < -0.39 is 0 Å². The molecule has 2 heterocycles. The summed E-state index contributed by atoms with van der Waals surface area (Å²) in [6.45, 7) is 5.36. The maximum absolute atomic E-state index is 5.64. The summed E-state index contributed by atoms with van der Waals surface area (Å²) in [5.41, 5.74) is 7.63. The lowest BCUT2D eigenvalue weighted by Crippen LogP contribution is -2.42. The topological polar surface area (TPSA) is 51.4 Å². The number of hydrogen-bond acceptors (Lipinski definition) is 4. The molecule has 0 radical (unpaired) electrons. The maximum Gasteiger partial charge on any atom is 0.0748 e. The van der Waals surface area contributed by atoms with Gasteiger partial charge >= 0.3 is 0 Å². The van der Waals surface area contributed by atoms with Crippen LogP contribution in [0.1, 0.15) is 19.0 Å². The summed E-state index contributed by atoms with van der Waals surface area (Å²) in [7, 11) is 0. The molecule has 88 valence electrons. The molecule has 1 saturated heterocycles. The number of nitrogens with two attached hydrogens (primary N) is 1. The molecule has 2 rings (SSSR count). The number of anilines is 1. The maximum atomic E-state index is 5.64. The molecule has 0 bridgehead atoms. The summed E-state index contributed by atoms with van der Waals surface area (Å²) in [4.78, 5) is 6.64. The molecule has 2 N–H and O–H groups in total. The monoisotopic (exact) mass is 221 g/mol. The van der Waals surface area contributed by atoms with Gasteiger partial charge in [0.15, 0.2) is 0 Å². The molecule has 0 aromatic carbocycles. The van der Waals surface area contributed by atoms with Crippen molar-refractivity contribution >= 4 is 5.69 Å². The second-order valence-corrected chi connectivity index (χ2v) is 4.06. The predicted molar refractivity (Wildman–Crippen MR) is 64.4 cm³/mol. The highest BCUT2D eigenvalue weighted by atomic mass is 16.5. The number of morpholine rings is 1. The van der Waals surface area contributed by atoms with Crippen LogP contribution < -0.4 is 10.6 Å². The molecule has 1 atom stereocenters. The first kappa shape index (κ1) is 11.4. The van der Waals surface area contributed by atoms with Crippen LogP contribution >= 0.6 is 0 Å². The van der Waals surface area contributed by atoms with E-state index in [9.17, 15) is 0 Å². The van der Waals surface area contributed by atoms with Crippen LogP contribution in [-0.2, 0) is 11.3 Å². The van der Waals surface area contributed by atoms with E-state index in [1.807, 2.05) is 12.3 Å². The van der Waals surface area contributed by atoms with Gasteiger partial charge in [0.2, 0.25) is 0 Å². The summed E-state index contributed by atoms with van der Waals surface area (Å²) < 4.78 is 5.64. The second kappa shape index (κ2) is 5.27. The molecule has 1 aromatic heterocycles. The molecule has 1 fully saturated rings. The molecule has 0 spiro atoms. The average Bonchev–Trinajstić information content (AvgIpc) is 2.39. The summed E-state index contributed by atoms with van der Waals surface area (Å²) >= 11 is 0. The fourth-order valence-corrected chi connectivity index (χ4v) is 1.93. The molecular formula is C12H19N3O. The van der Waals surface area contributed by atoms with E-state index in [2.05, 4.69) is 22.9 Å². The molecule has 4 heteroatoms. The molecule has 1 unspecified atom stereocenters. The quantitative estimate of drug-likeness (QED) is 0.832. The fourth-order valence-electron chi connectivity index (χ4n) is 1.93. The molecule has 4 nitrogen and oxygen atoms in total. The minimum absolute atomic E-state index is 0.350. The Hall–Kier alpha value is -1.13. The van der Waals surface area contributed by atoms with Gasteiger partial charge in [0, 0.05) is 19.6 Å². The van der Waals surface area contributed by atoms with Crippen molar-refractivity contribution in [1.82, 2.24) is 4.98 Å². The van der Waals surface area contributed by atoms with Gasteiger partial charge in [-0.15, -0.1) is 0 Å². The third-order valence-electron chi connectivity index (χ3n) is 2.98. The van der Waals surface area contributed by atoms with Crippen molar-refractivity contribution in [3.8, 4) is 0 Å². The molecule has 1 aliphatic rings. The van der Waals surface area contributed by atoms with Crippen LogP contribution in [0.2, 0.25) is 0 Å². The van der Waals surface area contributed by atoms with Gasteiger partial charge in [-0.2, -0.15) is 0 Å². The van der Waals surface area contributed by atoms with Crippen molar-refractivity contribution in [3.63, 3.8) is 0 Å². The SMILES string of the molecule is CCC1CN(c2ccc(CN)nc2)CCO1. The molecule has 1 aromatic rings. The van der Waals surface area contributed by atoms with Gasteiger partial charge in [0.1, 0.15) is 0 Å². The standard InChI is InChI=1S/C12H19N3O/c1-2-12-9-15(5-6-16-12)11-4-3-10(7-13)14-8-11/h3-4,8,12H,2,5-7,9,13H2,1H3. The van der Waals surface area contributed by atoms with Crippen LogP contribution in [-0.4, -0.2) is 30.8 Å². The smallest absolute Gasteiger partial charge is 0.0748 e. The van der Waals surface area contributed by atoms with E-state index in [1.54, 1.807) is 0 Å². The molecular weight excluding hydrogens is 202 g/mol. The zero-order valence-corrected chi connectivity index (χ0v) is 9.72. The van der Waals surface area contributed by atoms with E-state index in [0.29, 0.717) is 12.6 Å². The Morgan fingerprint density at radius 2 is 2.44 bits per heavy atom. The zero-order valence-electron chi connectivity index (χ0n) is 9.72. The zero-order chi connectivity index (χ0) is 11.4. The van der Waals surface area contributed by atoms with Crippen LogP contribution in [0.15, 0.2) is 18.3 Å². The number of hydrogen-bond donors (Lipinski definition) is 1. The van der Waals surface area contributed by atoms with Crippen molar-refractivity contribution in [2.24, 2.45) is 5.73 Å². The number of pyridine rings is 1. The summed E-state index contributed by atoms with van der Waals surface area (Å²) in [5.74, 6) is 0. The lowest BCUT2D eigenvalue weighted by molar-refractivity contribution is 0.0384. The van der Waals surface area contributed by atoms with E-state index in [4.69, 9.17) is 10.5 Å². The van der Waals surface area contributed by atoms with Crippen LogP contribution in [0.25, 0.3) is 0 Å². The minimum atomic E-state index is 0.350. The minimum Gasteiger partial charge on any atom is -0.375 e. The van der Waals surface area contributed by atoms with E-state index in [0.717, 1.165) is 31.8 Å². The summed E-state index contributed by atoms with van der Waals surface area (Å²) in [5, 5.41) is 0. The van der Waals surface area contributed by atoms with Crippen LogP contribution in [0.4, 0.5) is 5.69 Å². The van der Waals surface area contributed by atoms with Gasteiger partial charge in [-0.1, -0.05) is 6.92 Å². The number of aromatic nitrogens is 1. The second-order valence-electron chi connectivity index (χ2n) is 4.06. The summed E-state index contributed by atoms with van der Waals surface area (Å²) in [6, 6.07) is 4.08. The third kappa shape index (κ3) is 2.51. The normalized spacial score (nSPS) is 21.1. The van der Waals surface area contributed by atoms with Crippen molar-refractivity contribution in [1.29, 1.82) is 0 Å². The number of ether oxygens (including phenoxy) is 1. The van der Waals surface area contributed by atoms with E-state index >= 15 is 0 Å². The Morgan fingerprint density at radius 1 is 1.56 bits per heavy atom. The first-order valence-corrected chi connectivity index (χ1v) is 5.85. The van der Waals surface area contributed by atoms with Crippen LogP contribution in [0, 0.1) is 0 Å². The van der Waals surface area contributed by atoms with Gasteiger partial charge in [0.25, 0.3) is 0 Å². The molecule has 0 aliphatic carbocycles. The molecule has 0 amide bonds. The number of rotatable bonds is 3. The first-order valence-electron chi connectivity index (χ1n) is 5.85. The highest BCUT2D eigenvalue weighted by Gasteiger charge is 2.19. The van der Waals surface area contributed by atoms with E-state index in [-0.39, 0.29) is 0 Å². The Kier molecular flexibility index (Phi) is 3.74. The van der Waals surface area contributed by atoms with Gasteiger partial charge < -0.3 is 15.4 Å². The summed E-state index contributed by atoms with van der Waals surface area (Å²) in [6.07, 6.45) is 3.31. The lowest BCUT2D eigenvalue weighted by atomic mass is 10.2.